The molecular formula is C7H2Br2F5NO. The summed E-state index contributed by atoms with van der Waals surface area (Å²) in [6, 6.07) is 0.521. The molecule has 0 spiro atoms. The van der Waals surface area contributed by atoms with Gasteiger partial charge in [0.1, 0.15) is 16.0 Å². The summed E-state index contributed by atoms with van der Waals surface area (Å²) < 4.78 is 63.4. The fourth-order valence-corrected chi connectivity index (χ4v) is 1.49. The van der Waals surface area contributed by atoms with Crippen molar-refractivity contribution in [2.24, 2.45) is 0 Å². The molecule has 1 heterocycles. The summed E-state index contributed by atoms with van der Waals surface area (Å²) in [5.74, 6) is -0.773. The third-order valence-electron chi connectivity index (χ3n) is 1.35. The van der Waals surface area contributed by atoms with Crippen LogP contribution in [-0.2, 0) is 0 Å². The van der Waals surface area contributed by atoms with Gasteiger partial charge in [-0.15, -0.1) is 13.2 Å². The van der Waals surface area contributed by atoms with E-state index in [0.29, 0.717) is 6.07 Å². The van der Waals surface area contributed by atoms with Crippen LogP contribution < -0.4 is 4.74 Å². The average molecular weight is 371 g/mol. The molecule has 0 unspecified atom stereocenters. The minimum Gasteiger partial charge on any atom is -0.404 e. The first-order chi connectivity index (χ1) is 7.20. The molecule has 0 N–H and O–H groups in total. The second kappa shape index (κ2) is 4.82. The van der Waals surface area contributed by atoms with Gasteiger partial charge in [-0.3, -0.25) is 0 Å². The summed E-state index contributed by atoms with van der Waals surface area (Å²) in [7, 11) is 0. The Kier molecular flexibility index (Phi) is 4.11. The lowest BCUT2D eigenvalue weighted by atomic mass is 10.3. The lowest BCUT2D eigenvalue weighted by Gasteiger charge is -2.12. The van der Waals surface area contributed by atoms with Crippen molar-refractivity contribution in [2.75, 3.05) is 0 Å². The molecule has 1 rings (SSSR count). The van der Waals surface area contributed by atoms with Gasteiger partial charge in [-0.2, -0.15) is 0 Å². The normalized spacial score (nSPS) is 12.0. The Labute approximate surface area is 103 Å². The summed E-state index contributed by atoms with van der Waals surface area (Å²) in [4.78, 5) is 3.34. The van der Waals surface area contributed by atoms with Gasteiger partial charge in [0, 0.05) is 6.07 Å². The summed E-state index contributed by atoms with van der Waals surface area (Å²) in [6.07, 6.45) is -7.94. The largest absolute Gasteiger partial charge is 0.573 e. The molecule has 0 aliphatic rings. The highest BCUT2D eigenvalue weighted by molar-refractivity contribution is 9.13. The van der Waals surface area contributed by atoms with Gasteiger partial charge in [0.05, 0.1) is 4.47 Å². The Morgan fingerprint density at radius 1 is 1.25 bits per heavy atom. The number of rotatable bonds is 2. The second-order valence-electron chi connectivity index (χ2n) is 2.50. The molecule has 0 saturated heterocycles. The highest BCUT2D eigenvalue weighted by atomic mass is 79.9. The van der Waals surface area contributed by atoms with Crippen molar-refractivity contribution in [3.05, 3.63) is 20.8 Å². The van der Waals surface area contributed by atoms with Gasteiger partial charge in [0.25, 0.3) is 6.43 Å². The Balaban J connectivity index is 3.17. The van der Waals surface area contributed by atoms with Gasteiger partial charge in [-0.1, -0.05) is 0 Å². The smallest absolute Gasteiger partial charge is 0.404 e. The zero-order valence-corrected chi connectivity index (χ0v) is 10.3. The minimum atomic E-state index is -4.96. The molecule has 0 fully saturated rings. The first kappa shape index (κ1) is 13.6. The van der Waals surface area contributed by atoms with Crippen LogP contribution in [-0.4, -0.2) is 11.3 Å². The van der Waals surface area contributed by atoms with Crippen molar-refractivity contribution in [1.82, 2.24) is 4.98 Å². The first-order valence-corrected chi connectivity index (χ1v) is 5.19. The van der Waals surface area contributed by atoms with E-state index in [0.717, 1.165) is 0 Å². The predicted molar refractivity (Wildman–Crippen MR) is 51.3 cm³/mol. The fraction of sp³-hybridized carbons (Fsp3) is 0.286. The number of nitrogens with zero attached hydrogens (tertiary/aromatic N) is 1. The molecule has 1 aromatic rings. The molecule has 0 bridgehead atoms. The SMILES string of the molecule is FC(F)c1cc(OC(F)(F)F)c(Br)c(Br)n1. The molecule has 1 aromatic heterocycles. The van der Waals surface area contributed by atoms with E-state index < -0.39 is 24.2 Å². The molecule has 0 aromatic carbocycles. The summed E-state index contributed by atoms with van der Waals surface area (Å²) in [5, 5.41) is 0. The van der Waals surface area contributed by atoms with E-state index >= 15 is 0 Å². The third-order valence-corrected chi connectivity index (χ3v) is 3.23. The van der Waals surface area contributed by atoms with Crippen LogP contribution in [0.25, 0.3) is 0 Å². The quantitative estimate of drug-likeness (QED) is 0.567. The number of hydrogen-bond donors (Lipinski definition) is 0. The standard InChI is InChI=1S/C7H2Br2F5NO/c8-4-3(16-7(12,13)14)1-2(6(10)11)15-5(4)9/h1,6H. The zero-order valence-electron chi connectivity index (χ0n) is 7.16. The van der Waals surface area contributed by atoms with Crippen molar-refractivity contribution in [3.8, 4) is 5.75 Å². The maximum atomic E-state index is 12.3. The maximum absolute atomic E-state index is 12.3. The van der Waals surface area contributed by atoms with Crippen LogP contribution in [0.1, 0.15) is 12.1 Å². The number of hydrogen-bond acceptors (Lipinski definition) is 2. The Hall–Kier alpha value is -0.440. The van der Waals surface area contributed by atoms with E-state index in [-0.39, 0.29) is 9.08 Å². The molecule has 0 aliphatic carbocycles. The molecule has 0 amide bonds. The molecule has 0 aliphatic heterocycles. The zero-order chi connectivity index (χ0) is 12.5. The van der Waals surface area contributed by atoms with Gasteiger partial charge >= 0.3 is 6.36 Å². The number of ether oxygens (including phenoxy) is 1. The van der Waals surface area contributed by atoms with Crippen molar-refractivity contribution in [1.29, 1.82) is 0 Å². The summed E-state index contributed by atoms with van der Waals surface area (Å²) >= 11 is 5.47. The minimum absolute atomic E-state index is 0.186. The van der Waals surface area contributed by atoms with E-state index in [1.807, 2.05) is 0 Å². The van der Waals surface area contributed by atoms with Crippen LogP contribution in [0.4, 0.5) is 22.0 Å². The van der Waals surface area contributed by atoms with E-state index in [2.05, 4.69) is 41.6 Å². The topological polar surface area (TPSA) is 22.1 Å². The summed E-state index contributed by atoms with van der Waals surface area (Å²) in [6.45, 7) is 0. The third kappa shape index (κ3) is 3.55. The average Bonchev–Trinajstić information content (AvgIpc) is 2.10. The Bertz CT molecular complexity index is 395. The lowest BCUT2D eigenvalue weighted by molar-refractivity contribution is -0.275. The molecule has 0 radical (unpaired) electrons. The van der Waals surface area contributed by atoms with Gasteiger partial charge in [-0.05, 0) is 31.9 Å². The Morgan fingerprint density at radius 3 is 2.25 bits per heavy atom. The van der Waals surface area contributed by atoms with Crippen molar-refractivity contribution >= 4 is 31.9 Å². The van der Waals surface area contributed by atoms with Gasteiger partial charge in [0.2, 0.25) is 0 Å². The van der Waals surface area contributed by atoms with Crippen LogP contribution in [0.15, 0.2) is 15.1 Å². The first-order valence-electron chi connectivity index (χ1n) is 3.60. The highest BCUT2D eigenvalue weighted by Gasteiger charge is 2.33. The molecular weight excluding hydrogens is 369 g/mol. The predicted octanol–water partition coefficient (Wildman–Crippen LogP) is 4.44. The number of alkyl halides is 5. The van der Waals surface area contributed by atoms with Crippen molar-refractivity contribution in [2.45, 2.75) is 12.8 Å². The highest BCUT2D eigenvalue weighted by Crippen LogP contribution is 2.37. The van der Waals surface area contributed by atoms with Gasteiger partial charge in [-0.25, -0.2) is 13.8 Å². The van der Waals surface area contributed by atoms with E-state index in [4.69, 9.17) is 0 Å². The van der Waals surface area contributed by atoms with Crippen LogP contribution in [0.5, 0.6) is 5.75 Å². The van der Waals surface area contributed by atoms with Crippen molar-refractivity contribution in [3.63, 3.8) is 0 Å². The second-order valence-corrected chi connectivity index (χ2v) is 4.04. The van der Waals surface area contributed by atoms with Crippen LogP contribution in [0.2, 0.25) is 0 Å². The van der Waals surface area contributed by atoms with Crippen LogP contribution >= 0.6 is 31.9 Å². The molecule has 0 saturated carbocycles. The van der Waals surface area contributed by atoms with E-state index in [1.165, 1.54) is 0 Å². The monoisotopic (exact) mass is 369 g/mol. The molecule has 0 atom stereocenters. The number of pyridine rings is 1. The maximum Gasteiger partial charge on any atom is 0.573 e. The number of halogens is 7. The van der Waals surface area contributed by atoms with Crippen LogP contribution in [0, 0.1) is 0 Å². The van der Waals surface area contributed by atoms with Gasteiger partial charge < -0.3 is 4.74 Å². The molecule has 9 heteroatoms. The van der Waals surface area contributed by atoms with Gasteiger partial charge in [0.15, 0.2) is 0 Å². The lowest BCUT2D eigenvalue weighted by Crippen LogP contribution is -2.18. The van der Waals surface area contributed by atoms with E-state index in [1.54, 1.807) is 0 Å². The summed E-state index contributed by atoms with van der Waals surface area (Å²) in [5.41, 5.74) is -0.811. The Morgan fingerprint density at radius 2 is 1.81 bits per heavy atom. The van der Waals surface area contributed by atoms with Crippen LogP contribution in [0.3, 0.4) is 0 Å². The number of aromatic nitrogens is 1. The molecule has 90 valence electrons. The van der Waals surface area contributed by atoms with Crippen molar-refractivity contribution < 1.29 is 26.7 Å². The molecule has 16 heavy (non-hydrogen) atoms. The van der Waals surface area contributed by atoms with E-state index in [9.17, 15) is 22.0 Å². The fourth-order valence-electron chi connectivity index (χ4n) is 0.805. The molecule has 2 nitrogen and oxygen atoms in total.